The van der Waals surface area contributed by atoms with Gasteiger partial charge in [0.25, 0.3) is 5.69 Å². The molecule has 116 valence electrons. The van der Waals surface area contributed by atoms with Crippen LogP contribution in [0.1, 0.15) is 30.4 Å². The highest BCUT2D eigenvalue weighted by molar-refractivity contribution is 5.85. The van der Waals surface area contributed by atoms with Crippen LogP contribution in [-0.4, -0.2) is 34.0 Å². The number of carboxylic acid groups (broad SMARTS) is 1. The van der Waals surface area contributed by atoms with Crippen molar-refractivity contribution in [3.8, 4) is 0 Å². The van der Waals surface area contributed by atoms with Crippen LogP contribution in [0.4, 0.5) is 5.69 Å². The van der Waals surface area contributed by atoms with Gasteiger partial charge in [0.1, 0.15) is 0 Å². The van der Waals surface area contributed by atoms with Gasteiger partial charge in [0.2, 0.25) is 0 Å². The maximum Gasteiger partial charge on any atom is 0.303 e. The zero-order valence-corrected chi connectivity index (χ0v) is 12.5. The maximum absolute atomic E-state index is 10.8. The number of hydrogen-bond donors (Lipinski definition) is 1. The van der Waals surface area contributed by atoms with Gasteiger partial charge in [-0.3, -0.25) is 19.8 Å². The van der Waals surface area contributed by atoms with E-state index in [1.807, 2.05) is 6.07 Å². The fraction of sp³-hybridized carbons (Fsp3) is 0.500. The van der Waals surface area contributed by atoms with Gasteiger partial charge < -0.3 is 5.11 Å². The molecule has 2 rings (SSSR count). The summed E-state index contributed by atoms with van der Waals surface area (Å²) in [5.74, 6) is -0.760. The topological polar surface area (TPSA) is 83.7 Å². The van der Waals surface area contributed by atoms with Crippen molar-refractivity contribution in [2.45, 2.75) is 32.2 Å². The summed E-state index contributed by atoms with van der Waals surface area (Å²) >= 11 is 0. The van der Waals surface area contributed by atoms with Crippen molar-refractivity contribution in [1.29, 1.82) is 0 Å². The van der Waals surface area contributed by atoms with Crippen LogP contribution in [0.2, 0.25) is 0 Å². The maximum atomic E-state index is 10.8. The van der Waals surface area contributed by atoms with Gasteiger partial charge >= 0.3 is 5.97 Å². The molecule has 0 saturated carbocycles. The molecule has 7 heteroatoms. The van der Waals surface area contributed by atoms with E-state index >= 15 is 0 Å². The third kappa shape index (κ3) is 4.99. The summed E-state index contributed by atoms with van der Waals surface area (Å²) in [5, 5.41) is 19.4. The van der Waals surface area contributed by atoms with Crippen LogP contribution in [0.5, 0.6) is 0 Å². The van der Waals surface area contributed by atoms with Crippen molar-refractivity contribution in [2.75, 3.05) is 13.1 Å². The Morgan fingerprint density at radius 2 is 2.10 bits per heavy atom. The summed E-state index contributed by atoms with van der Waals surface area (Å²) in [7, 11) is 0. The molecule has 0 fully saturated rings. The molecule has 1 heterocycles. The molecule has 6 nitrogen and oxygen atoms in total. The normalized spacial score (nSPS) is 14.1. The first-order chi connectivity index (χ1) is 9.56. The molecule has 0 bridgehead atoms. The van der Waals surface area contributed by atoms with Crippen molar-refractivity contribution in [3.05, 3.63) is 39.4 Å². The number of nitro groups is 1. The largest absolute Gasteiger partial charge is 0.481 e. The number of nitro benzene ring substituents is 1. The molecule has 1 aliphatic heterocycles. The number of aliphatic carboxylic acids is 1. The number of nitrogens with zero attached hydrogens (tertiary/aromatic N) is 2. The van der Waals surface area contributed by atoms with Crippen molar-refractivity contribution >= 4 is 24.1 Å². The Labute approximate surface area is 129 Å². The van der Waals surface area contributed by atoms with Crippen LogP contribution in [0.15, 0.2) is 18.2 Å². The Morgan fingerprint density at radius 3 is 2.76 bits per heavy atom. The minimum absolute atomic E-state index is 0. The second-order valence-corrected chi connectivity index (χ2v) is 5.09. The van der Waals surface area contributed by atoms with Crippen LogP contribution >= 0.6 is 12.4 Å². The standard InChI is InChI=1S/C14H18N2O4.ClH/c17-14(18)3-1-2-7-15-8-6-11-4-5-13(16(19)20)9-12(11)10-15;/h4-5,9H,1-3,6-8,10H2,(H,17,18);1H. The predicted molar refractivity (Wildman–Crippen MR) is 80.8 cm³/mol. The molecule has 0 atom stereocenters. The van der Waals surface area contributed by atoms with Crippen LogP contribution in [0.25, 0.3) is 0 Å². The molecule has 0 spiro atoms. The number of carboxylic acids is 1. The molecular weight excluding hydrogens is 296 g/mol. The van der Waals surface area contributed by atoms with Crippen LogP contribution in [-0.2, 0) is 17.8 Å². The number of halogens is 1. The number of carbonyl (C=O) groups is 1. The number of benzene rings is 1. The zero-order valence-electron chi connectivity index (χ0n) is 11.7. The average Bonchev–Trinajstić information content (AvgIpc) is 2.42. The van der Waals surface area contributed by atoms with Gasteiger partial charge in [-0.05, 0) is 36.9 Å². The van der Waals surface area contributed by atoms with Gasteiger partial charge in [-0.25, -0.2) is 0 Å². The molecule has 0 aromatic heterocycles. The summed E-state index contributed by atoms with van der Waals surface area (Å²) < 4.78 is 0. The Morgan fingerprint density at radius 1 is 1.33 bits per heavy atom. The lowest BCUT2D eigenvalue weighted by atomic mass is 9.99. The van der Waals surface area contributed by atoms with E-state index < -0.39 is 5.97 Å². The fourth-order valence-electron chi connectivity index (χ4n) is 2.52. The van der Waals surface area contributed by atoms with Gasteiger partial charge in [0.05, 0.1) is 4.92 Å². The van der Waals surface area contributed by atoms with E-state index in [1.165, 1.54) is 5.56 Å². The predicted octanol–water partition coefficient (Wildman–Crippen LogP) is 2.63. The van der Waals surface area contributed by atoms with E-state index in [4.69, 9.17) is 5.11 Å². The Balaban J connectivity index is 0.00000220. The molecule has 0 radical (unpaired) electrons. The third-order valence-electron chi connectivity index (χ3n) is 3.61. The smallest absolute Gasteiger partial charge is 0.303 e. The number of non-ortho nitro benzene ring substituents is 1. The second kappa shape index (κ2) is 7.95. The average molecular weight is 315 g/mol. The quantitative estimate of drug-likeness (QED) is 0.496. The van der Waals surface area contributed by atoms with E-state index in [9.17, 15) is 14.9 Å². The monoisotopic (exact) mass is 314 g/mol. The molecule has 1 aromatic carbocycles. The van der Waals surface area contributed by atoms with Gasteiger partial charge in [-0.2, -0.15) is 0 Å². The molecule has 1 N–H and O–H groups in total. The molecule has 0 amide bonds. The fourth-order valence-corrected chi connectivity index (χ4v) is 2.52. The molecule has 1 aliphatic rings. The lowest BCUT2D eigenvalue weighted by Crippen LogP contribution is -2.31. The van der Waals surface area contributed by atoms with E-state index in [0.29, 0.717) is 13.0 Å². The Kier molecular flexibility index (Phi) is 6.58. The summed E-state index contributed by atoms with van der Waals surface area (Å²) in [6.45, 7) is 2.48. The van der Waals surface area contributed by atoms with E-state index in [-0.39, 0.29) is 29.4 Å². The van der Waals surface area contributed by atoms with Crippen molar-refractivity contribution < 1.29 is 14.8 Å². The molecular formula is C14H19ClN2O4. The highest BCUT2D eigenvalue weighted by Crippen LogP contribution is 2.23. The van der Waals surface area contributed by atoms with E-state index in [0.717, 1.165) is 31.5 Å². The van der Waals surface area contributed by atoms with Crippen molar-refractivity contribution in [2.24, 2.45) is 0 Å². The lowest BCUT2D eigenvalue weighted by Gasteiger charge is -2.28. The van der Waals surface area contributed by atoms with E-state index in [1.54, 1.807) is 12.1 Å². The number of unbranched alkanes of at least 4 members (excludes halogenated alkanes) is 1. The molecule has 1 aromatic rings. The molecule has 21 heavy (non-hydrogen) atoms. The minimum atomic E-state index is -0.760. The molecule has 0 unspecified atom stereocenters. The van der Waals surface area contributed by atoms with Crippen molar-refractivity contribution in [3.63, 3.8) is 0 Å². The van der Waals surface area contributed by atoms with Crippen molar-refractivity contribution in [1.82, 2.24) is 4.90 Å². The second-order valence-electron chi connectivity index (χ2n) is 5.09. The first-order valence-corrected chi connectivity index (χ1v) is 6.76. The van der Waals surface area contributed by atoms with Gasteiger partial charge in [0.15, 0.2) is 0 Å². The van der Waals surface area contributed by atoms with Gasteiger partial charge in [0, 0.05) is 31.6 Å². The zero-order chi connectivity index (χ0) is 14.5. The minimum Gasteiger partial charge on any atom is -0.481 e. The Bertz CT molecular complexity index is 522. The summed E-state index contributed by atoms with van der Waals surface area (Å²) in [5.41, 5.74) is 2.33. The Hall–Kier alpha value is -1.66. The third-order valence-corrected chi connectivity index (χ3v) is 3.61. The van der Waals surface area contributed by atoms with Gasteiger partial charge in [-0.1, -0.05) is 6.07 Å². The molecule has 0 saturated heterocycles. The number of hydrogen-bond acceptors (Lipinski definition) is 4. The highest BCUT2D eigenvalue weighted by Gasteiger charge is 2.18. The highest BCUT2D eigenvalue weighted by atomic mass is 35.5. The SMILES string of the molecule is Cl.O=C(O)CCCCN1CCc2ccc([N+](=O)[O-])cc2C1. The first kappa shape index (κ1) is 17.4. The lowest BCUT2D eigenvalue weighted by molar-refractivity contribution is -0.385. The van der Waals surface area contributed by atoms with Gasteiger partial charge in [-0.15, -0.1) is 12.4 Å². The van der Waals surface area contributed by atoms with Crippen LogP contribution in [0.3, 0.4) is 0 Å². The summed E-state index contributed by atoms with van der Waals surface area (Å²) in [6.07, 6.45) is 2.62. The summed E-state index contributed by atoms with van der Waals surface area (Å²) in [6, 6.07) is 5.05. The summed E-state index contributed by atoms with van der Waals surface area (Å²) in [4.78, 5) is 23.1. The molecule has 0 aliphatic carbocycles. The van der Waals surface area contributed by atoms with E-state index in [2.05, 4.69) is 4.90 Å². The van der Waals surface area contributed by atoms with Crippen LogP contribution in [0, 0.1) is 10.1 Å². The van der Waals surface area contributed by atoms with Crippen LogP contribution < -0.4 is 0 Å². The first-order valence-electron chi connectivity index (χ1n) is 6.76. The number of fused-ring (bicyclic) bond motifs is 1. The number of rotatable bonds is 6.